The molecule has 0 saturated carbocycles. The number of aromatic nitrogens is 1. The topological polar surface area (TPSA) is 12.9 Å². The lowest BCUT2D eigenvalue weighted by Gasteiger charge is -2.48. The number of benzene rings is 4. The van der Waals surface area contributed by atoms with Crippen LogP contribution in [0, 0.1) is 13.8 Å². The molecule has 6 aromatic rings. The summed E-state index contributed by atoms with van der Waals surface area (Å²) in [6, 6.07) is 31.8. The molecule has 4 aromatic carbocycles. The van der Waals surface area contributed by atoms with Crippen molar-refractivity contribution in [3.05, 3.63) is 131 Å². The van der Waals surface area contributed by atoms with Crippen LogP contribution in [-0.4, -0.2) is 4.98 Å². The van der Waals surface area contributed by atoms with E-state index in [0.717, 1.165) is 11.3 Å². The number of nitrogens with zero attached hydrogens (tertiary/aromatic N) is 1. The standard InChI is InChI=1S/C39H34NPS2/c1-23-18-31-36-32(19-23)39(5,6)35-29-12-7-8-13-34(29)43-37(35)41(36,42)33-17-16-27(21-30(33)38(31,3)4)25-10-9-11-26(20-25)28-15-14-24(2)40-22-28/h7-22H,1-6H3. The molecular formula is C39H34NPS2. The first kappa shape index (κ1) is 27.2. The zero-order valence-corrected chi connectivity index (χ0v) is 28.0. The van der Waals surface area contributed by atoms with Crippen LogP contribution in [0.4, 0.5) is 0 Å². The van der Waals surface area contributed by atoms with Gasteiger partial charge in [-0.15, -0.1) is 11.3 Å². The number of pyridine rings is 1. The van der Waals surface area contributed by atoms with Gasteiger partial charge in [0.25, 0.3) is 0 Å². The van der Waals surface area contributed by atoms with E-state index in [9.17, 15) is 0 Å². The summed E-state index contributed by atoms with van der Waals surface area (Å²) in [5.74, 6) is 0. The second-order valence-electron chi connectivity index (χ2n) is 13.3. The average molecular weight is 612 g/mol. The lowest BCUT2D eigenvalue weighted by atomic mass is 9.71. The molecule has 2 aliphatic rings. The van der Waals surface area contributed by atoms with Crippen molar-refractivity contribution >= 4 is 54.5 Å². The highest BCUT2D eigenvalue weighted by Gasteiger charge is 2.51. The Kier molecular flexibility index (Phi) is 5.75. The predicted molar refractivity (Wildman–Crippen MR) is 190 cm³/mol. The molecule has 43 heavy (non-hydrogen) atoms. The van der Waals surface area contributed by atoms with Crippen LogP contribution in [0.1, 0.15) is 61.2 Å². The molecule has 0 amide bonds. The quantitative estimate of drug-likeness (QED) is 0.181. The molecular weight excluding hydrogens is 578 g/mol. The van der Waals surface area contributed by atoms with Crippen LogP contribution in [0.3, 0.4) is 0 Å². The Morgan fingerprint density at radius 3 is 2.09 bits per heavy atom. The molecule has 1 nitrogen and oxygen atoms in total. The summed E-state index contributed by atoms with van der Waals surface area (Å²) in [6.45, 7) is 13.9. The number of hydrogen-bond acceptors (Lipinski definition) is 3. The summed E-state index contributed by atoms with van der Waals surface area (Å²) >= 11 is 9.07. The van der Waals surface area contributed by atoms with E-state index in [0.29, 0.717) is 0 Å². The van der Waals surface area contributed by atoms with Crippen LogP contribution in [0.25, 0.3) is 32.3 Å². The van der Waals surface area contributed by atoms with Gasteiger partial charge in [0, 0.05) is 44.3 Å². The van der Waals surface area contributed by atoms with Crippen LogP contribution in [-0.2, 0) is 22.6 Å². The Labute approximate surface area is 263 Å². The zero-order valence-electron chi connectivity index (χ0n) is 25.4. The van der Waals surface area contributed by atoms with E-state index in [1.807, 2.05) is 24.5 Å². The summed E-state index contributed by atoms with van der Waals surface area (Å²) in [5.41, 5.74) is 12.5. The van der Waals surface area contributed by atoms with Crippen molar-refractivity contribution in [2.75, 3.05) is 0 Å². The summed E-state index contributed by atoms with van der Waals surface area (Å²) < 4.78 is 2.78. The lowest BCUT2D eigenvalue weighted by molar-refractivity contribution is 0.627. The first-order chi connectivity index (χ1) is 20.5. The first-order valence-corrected chi connectivity index (χ1v) is 18.6. The van der Waals surface area contributed by atoms with Crippen molar-refractivity contribution in [3.8, 4) is 22.3 Å². The van der Waals surface area contributed by atoms with Gasteiger partial charge in [-0.2, -0.15) is 0 Å². The Hall–Kier alpha value is -3.36. The van der Waals surface area contributed by atoms with E-state index in [-0.39, 0.29) is 10.8 Å². The predicted octanol–water partition coefficient (Wildman–Crippen LogP) is 9.28. The maximum absolute atomic E-state index is 7.12. The number of hydrogen-bond donors (Lipinski definition) is 0. The highest BCUT2D eigenvalue weighted by Crippen LogP contribution is 2.61. The largest absolute Gasteiger partial charge is 0.261 e. The van der Waals surface area contributed by atoms with E-state index in [4.69, 9.17) is 11.8 Å². The van der Waals surface area contributed by atoms with Gasteiger partial charge in [0.15, 0.2) is 0 Å². The second-order valence-corrected chi connectivity index (χ2v) is 18.9. The highest BCUT2D eigenvalue weighted by atomic mass is 32.4. The third kappa shape index (κ3) is 3.69. The fourth-order valence-corrected chi connectivity index (χ4v) is 15.4. The maximum atomic E-state index is 7.12. The molecule has 0 aliphatic carbocycles. The SMILES string of the molecule is Cc1cc2c3c(c1)C(C)(C)c1c(sc4ccccc14)P3(=S)c1ccc(-c3cccc(-c4ccc(C)nc4)c3)cc1C2(C)C. The number of rotatable bonds is 2. The van der Waals surface area contributed by atoms with E-state index in [2.05, 4.69) is 131 Å². The van der Waals surface area contributed by atoms with Gasteiger partial charge in [-0.05, 0) is 87.7 Å². The molecule has 0 spiro atoms. The lowest BCUT2D eigenvalue weighted by Crippen LogP contribution is -2.49. The van der Waals surface area contributed by atoms with Crippen molar-refractivity contribution in [2.24, 2.45) is 0 Å². The van der Waals surface area contributed by atoms with Crippen LogP contribution in [0.2, 0.25) is 0 Å². The third-order valence-corrected chi connectivity index (χ3v) is 16.9. The normalized spacial score (nSPS) is 19.0. The van der Waals surface area contributed by atoms with Gasteiger partial charge in [0.05, 0.1) is 4.62 Å². The Balaban J connectivity index is 1.40. The summed E-state index contributed by atoms with van der Waals surface area (Å²) in [5, 5.41) is 4.20. The smallest absolute Gasteiger partial charge is 0.0516 e. The van der Waals surface area contributed by atoms with Gasteiger partial charge in [0.2, 0.25) is 0 Å². The summed E-state index contributed by atoms with van der Waals surface area (Å²) in [6.07, 6.45) is 1.97. The van der Waals surface area contributed by atoms with Crippen molar-refractivity contribution in [1.82, 2.24) is 4.98 Å². The Morgan fingerprint density at radius 1 is 0.674 bits per heavy atom. The van der Waals surface area contributed by atoms with E-state index in [1.54, 1.807) is 0 Å². The van der Waals surface area contributed by atoms with Crippen molar-refractivity contribution in [1.29, 1.82) is 0 Å². The number of aryl methyl sites for hydroxylation is 2. The summed E-state index contributed by atoms with van der Waals surface area (Å²) in [4.78, 5) is 4.54. The maximum Gasteiger partial charge on any atom is 0.0516 e. The molecule has 0 fully saturated rings. The molecule has 0 bridgehead atoms. The van der Waals surface area contributed by atoms with Crippen molar-refractivity contribution in [2.45, 2.75) is 52.4 Å². The molecule has 4 heteroatoms. The van der Waals surface area contributed by atoms with Crippen LogP contribution in [0.5, 0.6) is 0 Å². The number of fused-ring (bicyclic) bond motifs is 6. The monoisotopic (exact) mass is 611 g/mol. The Bertz CT molecular complexity index is 2180. The molecule has 0 N–H and O–H groups in total. The molecule has 2 aliphatic heterocycles. The molecule has 2 aromatic heterocycles. The molecule has 1 atom stereocenters. The molecule has 4 heterocycles. The first-order valence-electron chi connectivity index (χ1n) is 15.0. The average Bonchev–Trinajstić information content (AvgIpc) is 3.41. The van der Waals surface area contributed by atoms with Gasteiger partial charge in [0.1, 0.15) is 0 Å². The van der Waals surface area contributed by atoms with Crippen molar-refractivity contribution < 1.29 is 0 Å². The van der Waals surface area contributed by atoms with Gasteiger partial charge in [-0.1, -0.05) is 112 Å². The van der Waals surface area contributed by atoms with Gasteiger partial charge in [-0.3, -0.25) is 4.98 Å². The molecule has 0 radical (unpaired) electrons. The van der Waals surface area contributed by atoms with Gasteiger partial charge < -0.3 is 0 Å². The fourth-order valence-electron chi connectivity index (χ4n) is 7.55. The van der Waals surface area contributed by atoms with Crippen LogP contribution < -0.4 is 15.2 Å². The second kappa shape index (κ2) is 9.08. The highest BCUT2D eigenvalue weighted by molar-refractivity contribution is 8.27. The minimum Gasteiger partial charge on any atom is -0.261 e. The Morgan fingerprint density at radius 2 is 1.35 bits per heavy atom. The van der Waals surface area contributed by atoms with Crippen LogP contribution >= 0.6 is 17.4 Å². The summed E-state index contributed by atoms with van der Waals surface area (Å²) in [7, 11) is 0. The van der Waals surface area contributed by atoms with Gasteiger partial charge >= 0.3 is 0 Å². The molecule has 0 saturated heterocycles. The minimum absolute atomic E-state index is 0.119. The van der Waals surface area contributed by atoms with E-state index >= 15 is 0 Å². The van der Waals surface area contributed by atoms with E-state index < -0.39 is 6.04 Å². The molecule has 1 unspecified atom stereocenters. The fraction of sp³-hybridized carbons (Fsp3) is 0.205. The van der Waals surface area contributed by atoms with Crippen LogP contribution in [0.15, 0.2) is 97.2 Å². The zero-order chi connectivity index (χ0) is 29.9. The minimum atomic E-state index is -2.30. The van der Waals surface area contributed by atoms with Gasteiger partial charge in [-0.25, -0.2) is 0 Å². The van der Waals surface area contributed by atoms with E-state index in [1.165, 1.54) is 69.8 Å². The molecule has 212 valence electrons. The third-order valence-electron chi connectivity index (χ3n) is 9.85. The molecule has 8 rings (SSSR count). The van der Waals surface area contributed by atoms with Crippen molar-refractivity contribution in [3.63, 3.8) is 0 Å². The number of thiophene rings is 1.